The summed E-state index contributed by atoms with van der Waals surface area (Å²) < 4.78 is 0. The van der Waals surface area contributed by atoms with E-state index in [0.717, 1.165) is 11.1 Å². The summed E-state index contributed by atoms with van der Waals surface area (Å²) in [5.41, 5.74) is 3.46. The van der Waals surface area contributed by atoms with Gasteiger partial charge in [-0.2, -0.15) is 15.4 Å². The maximum Gasteiger partial charge on any atom is 0.114 e. The average molecular weight is 292 g/mol. The third-order valence-electron chi connectivity index (χ3n) is 4.00. The van der Waals surface area contributed by atoms with E-state index in [2.05, 4.69) is 22.3 Å². The number of nitriles is 2. The standard InChI is InChI=1S/C17H16N4O/c1-10(21-22)13-5-4-6-14(7-13)17-15(8-18)11(2)20-12(3)16(17)9-19/h4-7,10,15,17H,1-3H3. The number of allylic oxidation sites excluding steroid dienone is 2. The molecule has 0 saturated carbocycles. The SMILES string of the molecule is CC1=NC(C)=C(C#N)C(c2cccc(C(C)N=O)c2)C1C#N. The molecule has 3 unspecified atom stereocenters. The lowest BCUT2D eigenvalue weighted by molar-refractivity contribution is 0.699. The molecule has 0 radical (unpaired) electrons. The van der Waals surface area contributed by atoms with Crippen LogP contribution in [0.4, 0.5) is 0 Å². The van der Waals surface area contributed by atoms with E-state index in [9.17, 15) is 15.4 Å². The van der Waals surface area contributed by atoms with Crippen LogP contribution in [0.25, 0.3) is 0 Å². The van der Waals surface area contributed by atoms with Crippen LogP contribution >= 0.6 is 0 Å². The Hall–Kier alpha value is -2.79. The van der Waals surface area contributed by atoms with Crippen molar-refractivity contribution in [2.45, 2.75) is 32.7 Å². The zero-order chi connectivity index (χ0) is 16.3. The average Bonchev–Trinajstić information content (AvgIpc) is 2.53. The quantitative estimate of drug-likeness (QED) is 0.788. The summed E-state index contributed by atoms with van der Waals surface area (Å²) in [6.07, 6.45) is 0. The van der Waals surface area contributed by atoms with Crippen LogP contribution in [-0.2, 0) is 0 Å². The van der Waals surface area contributed by atoms with Crippen molar-refractivity contribution in [1.29, 1.82) is 10.5 Å². The Bertz CT molecular complexity index is 749. The van der Waals surface area contributed by atoms with E-state index in [1.165, 1.54) is 0 Å². The van der Waals surface area contributed by atoms with Gasteiger partial charge in [-0.25, -0.2) is 0 Å². The predicted octanol–water partition coefficient (Wildman–Crippen LogP) is 4.01. The summed E-state index contributed by atoms with van der Waals surface area (Å²) in [4.78, 5) is 15.1. The molecule has 1 aliphatic rings. The number of hydrogen-bond donors (Lipinski definition) is 0. The maximum atomic E-state index is 10.8. The molecule has 5 heteroatoms. The summed E-state index contributed by atoms with van der Waals surface area (Å²) in [7, 11) is 0. The zero-order valence-electron chi connectivity index (χ0n) is 12.7. The van der Waals surface area contributed by atoms with Crippen molar-refractivity contribution in [2.75, 3.05) is 0 Å². The molecular formula is C17H16N4O. The number of hydrogen-bond acceptors (Lipinski definition) is 5. The van der Waals surface area contributed by atoms with E-state index in [4.69, 9.17) is 0 Å². The molecule has 0 N–H and O–H groups in total. The summed E-state index contributed by atoms with van der Waals surface area (Å²) >= 11 is 0. The van der Waals surface area contributed by atoms with Crippen LogP contribution in [0, 0.1) is 33.5 Å². The number of nitroso groups, excluding NO2 is 1. The Balaban J connectivity index is 2.59. The predicted molar refractivity (Wildman–Crippen MR) is 83.9 cm³/mol. The van der Waals surface area contributed by atoms with Crippen molar-refractivity contribution in [1.82, 2.24) is 0 Å². The van der Waals surface area contributed by atoms with E-state index in [1.54, 1.807) is 20.8 Å². The van der Waals surface area contributed by atoms with Crippen molar-refractivity contribution < 1.29 is 0 Å². The monoisotopic (exact) mass is 292 g/mol. The first kappa shape index (κ1) is 15.6. The molecule has 0 bridgehead atoms. The summed E-state index contributed by atoms with van der Waals surface area (Å²) in [5, 5.41) is 22.0. The summed E-state index contributed by atoms with van der Waals surface area (Å²) in [5.74, 6) is -0.834. The van der Waals surface area contributed by atoms with Gasteiger partial charge in [-0.3, -0.25) is 4.99 Å². The molecule has 1 aromatic carbocycles. The second kappa shape index (κ2) is 6.32. The lowest BCUT2D eigenvalue weighted by Crippen LogP contribution is -2.24. The molecule has 110 valence electrons. The Morgan fingerprint density at radius 3 is 2.64 bits per heavy atom. The van der Waals surface area contributed by atoms with Gasteiger partial charge in [0.15, 0.2) is 0 Å². The molecule has 0 amide bonds. The topological polar surface area (TPSA) is 89.4 Å². The smallest absolute Gasteiger partial charge is 0.114 e. The molecule has 22 heavy (non-hydrogen) atoms. The zero-order valence-corrected chi connectivity index (χ0v) is 12.7. The fourth-order valence-electron chi connectivity index (χ4n) is 2.78. The van der Waals surface area contributed by atoms with Crippen LogP contribution in [0.5, 0.6) is 0 Å². The minimum atomic E-state index is -0.479. The van der Waals surface area contributed by atoms with Gasteiger partial charge in [0.05, 0.1) is 29.3 Å². The lowest BCUT2D eigenvalue weighted by atomic mass is 9.76. The molecule has 2 rings (SSSR count). The molecule has 1 heterocycles. The molecule has 0 aromatic heterocycles. The first-order valence-electron chi connectivity index (χ1n) is 7.01. The van der Waals surface area contributed by atoms with Gasteiger partial charge in [0, 0.05) is 11.6 Å². The summed E-state index contributed by atoms with van der Waals surface area (Å²) in [6.45, 7) is 5.30. The number of benzene rings is 1. The molecule has 3 atom stereocenters. The van der Waals surface area contributed by atoms with Gasteiger partial charge < -0.3 is 0 Å². The van der Waals surface area contributed by atoms with Crippen LogP contribution in [0.15, 0.2) is 45.7 Å². The fraction of sp³-hybridized carbons (Fsp3) is 0.353. The Morgan fingerprint density at radius 2 is 2.05 bits per heavy atom. The molecular weight excluding hydrogens is 276 g/mol. The van der Waals surface area contributed by atoms with Crippen LogP contribution in [0.2, 0.25) is 0 Å². The van der Waals surface area contributed by atoms with Crippen molar-refractivity contribution >= 4 is 5.71 Å². The van der Waals surface area contributed by atoms with Gasteiger partial charge in [0.1, 0.15) is 6.04 Å². The highest BCUT2D eigenvalue weighted by atomic mass is 16.3. The molecule has 1 aliphatic heterocycles. The Labute approximate surface area is 129 Å². The largest absolute Gasteiger partial charge is 0.260 e. The van der Waals surface area contributed by atoms with E-state index in [0.29, 0.717) is 17.0 Å². The van der Waals surface area contributed by atoms with E-state index < -0.39 is 12.0 Å². The number of rotatable bonds is 3. The van der Waals surface area contributed by atoms with E-state index >= 15 is 0 Å². The van der Waals surface area contributed by atoms with Crippen LogP contribution in [0.3, 0.4) is 0 Å². The van der Waals surface area contributed by atoms with Gasteiger partial charge in [0.25, 0.3) is 0 Å². The minimum Gasteiger partial charge on any atom is -0.260 e. The third kappa shape index (κ3) is 2.66. The van der Waals surface area contributed by atoms with Crippen molar-refractivity contribution in [2.24, 2.45) is 16.1 Å². The van der Waals surface area contributed by atoms with Crippen LogP contribution < -0.4 is 0 Å². The maximum absolute atomic E-state index is 10.8. The second-order valence-corrected chi connectivity index (χ2v) is 5.40. The first-order valence-corrected chi connectivity index (χ1v) is 7.01. The minimum absolute atomic E-state index is 0.355. The number of aliphatic imine (C=N–C) groups is 1. The van der Waals surface area contributed by atoms with Crippen molar-refractivity contribution in [3.8, 4) is 12.1 Å². The second-order valence-electron chi connectivity index (χ2n) is 5.40. The lowest BCUT2D eigenvalue weighted by Gasteiger charge is -2.27. The highest BCUT2D eigenvalue weighted by molar-refractivity contribution is 5.90. The van der Waals surface area contributed by atoms with Crippen molar-refractivity contribution in [3.05, 3.63) is 51.6 Å². The summed E-state index contributed by atoms with van der Waals surface area (Å²) in [6, 6.07) is 11.3. The van der Waals surface area contributed by atoms with Gasteiger partial charge >= 0.3 is 0 Å². The number of nitrogens with zero attached hydrogens (tertiary/aromatic N) is 4. The van der Waals surface area contributed by atoms with E-state index in [-0.39, 0.29) is 5.92 Å². The highest BCUT2D eigenvalue weighted by Gasteiger charge is 2.34. The highest BCUT2D eigenvalue weighted by Crippen LogP contribution is 2.38. The van der Waals surface area contributed by atoms with Gasteiger partial charge in [-0.1, -0.05) is 29.4 Å². The normalized spacial score (nSPS) is 22.3. The Morgan fingerprint density at radius 1 is 1.32 bits per heavy atom. The third-order valence-corrected chi connectivity index (χ3v) is 4.00. The van der Waals surface area contributed by atoms with E-state index in [1.807, 2.05) is 24.3 Å². The molecule has 0 saturated heterocycles. The molecule has 0 fully saturated rings. The van der Waals surface area contributed by atoms with Gasteiger partial charge in [-0.05, 0) is 31.9 Å². The molecule has 1 aromatic rings. The molecule has 5 nitrogen and oxygen atoms in total. The Kier molecular flexibility index (Phi) is 4.48. The fourth-order valence-corrected chi connectivity index (χ4v) is 2.78. The first-order chi connectivity index (χ1) is 10.5. The van der Waals surface area contributed by atoms with Crippen LogP contribution in [0.1, 0.15) is 43.9 Å². The van der Waals surface area contributed by atoms with Crippen molar-refractivity contribution in [3.63, 3.8) is 0 Å². The molecule has 0 aliphatic carbocycles. The molecule has 0 spiro atoms. The van der Waals surface area contributed by atoms with Gasteiger partial charge in [-0.15, -0.1) is 0 Å². The van der Waals surface area contributed by atoms with Crippen LogP contribution in [-0.4, -0.2) is 5.71 Å². The van der Waals surface area contributed by atoms with Gasteiger partial charge in [0.2, 0.25) is 0 Å².